The van der Waals surface area contributed by atoms with Crippen molar-refractivity contribution in [1.29, 1.82) is 0 Å². The molecule has 11 heteroatoms. The molecular formula is C18H18N2O7S2. The number of nitrogens with one attached hydrogen (secondary N) is 2. The zero-order chi connectivity index (χ0) is 21.2. The fourth-order valence-electron chi connectivity index (χ4n) is 2.91. The minimum absolute atomic E-state index is 0.0556. The Bertz CT molecular complexity index is 1080. The molecular weight excluding hydrogens is 420 g/mol. The van der Waals surface area contributed by atoms with Gasteiger partial charge in [0.1, 0.15) is 4.21 Å². The first kappa shape index (κ1) is 20.7. The number of hydrogen-bond donors (Lipinski definition) is 3. The summed E-state index contributed by atoms with van der Waals surface area (Å²) in [6, 6.07) is 5.65. The number of aromatic hydroxyl groups is 1. The molecule has 0 saturated heterocycles. The van der Waals surface area contributed by atoms with Crippen molar-refractivity contribution in [2.75, 3.05) is 20.0 Å². The average molecular weight is 438 g/mol. The van der Waals surface area contributed by atoms with E-state index in [1.165, 1.54) is 31.4 Å². The molecule has 0 spiro atoms. The molecule has 1 aliphatic rings. The van der Waals surface area contributed by atoms with Crippen molar-refractivity contribution in [2.45, 2.75) is 10.3 Å². The zero-order valence-electron chi connectivity index (χ0n) is 15.5. The summed E-state index contributed by atoms with van der Waals surface area (Å²) in [4.78, 5) is 24.7. The number of carbonyl (C=O) groups excluding carboxylic acids is 2. The smallest absolute Gasteiger partial charge is 0.338 e. The van der Waals surface area contributed by atoms with E-state index in [1.54, 1.807) is 11.4 Å². The predicted octanol–water partition coefficient (Wildman–Crippen LogP) is 1.72. The topological polar surface area (TPSA) is 131 Å². The largest absolute Gasteiger partial charge is 0.504 e. The lowest BCUT2D eigenvalue weighted by atomic mass is 9.95. The Morgan fingerprint density at radius 3 is 2.66 bits per heavy atom. The number of carbonyl (C=O) groups is 2. The maximum Gasteiger partial charge on any atom is 0.338 e. The standard InChI is InChI=1S/C18H18N2O7S2/c1-26-13-8-10(5-6-12(13)21)16-15(17(22)27-2)11(19-18(23)20-16)9-29(24,25)14-4-3-7-28-14/h3-8,16,21H,9H2,1-2H3,(H2,19,20,23)/t16-/m0/s1. The number of phenols is 1. The number of benzene rings is 1. The Morgan fingerprint density at radius 2 is 2.03 bits per heavy atom. The molecule has 1 aliphatic heterocycles. The molecule has 9 nitrogen and oxygen atoms in total. The van der Waals surface area contributed by atoms with E-state index in [-0.39, 0.29) is 27.0 Å². The molecule has 2 aromatic rings. The van der Waals surface area contributed by atoms with Crippen molar-refractivity contribution in [3.63, 3.8) is 0 Å². The molecule has 1 aromatic carbocycles. The van der Waals surface area contributed by atoms with Gasteiger partial charge in [0, 0.05) is 5.70 Å². The molecule has 3 rings (SSSR count). The van der Waals surface area contributed by atoms with Gasteiger partial charge in [0.15, 0.2) is 21.3 Å². The van der Waals surface area contributed by atoms with Crippen LogP contribution in [-0.4, -0.2) is 45.5 Å². The Kier molecular flexibility index (Phi) is 5.80. The number of amides is 2. The van der Waals surface area contributed by atoms with Crippen LogP contribution in [0.3, 0.4) is 0 Å². The normalized spacial score (nSPS) is 16.8. The van der Waals surface area contributed by atoms with Crippen LogP contribution >= 0.6 is 11.3 Å². The van der Waals surface area contributed by atoms with Gasteiger partial charge >= 0.3 is 12.0 Å². The third kappa shape index (κ3) is 4.20. The van der Waals surface area contributed by atoms with E-state index in [0.29, 0.717) is 5.56 Å². The van der Waals surface area contributed by atoms with Gasteiger partial charge in [0.25, 0.3) is 0 Å². The van der Waals surface area contributed by atoms with Gasteiger partial charge in [-0.25, -0.2) is 18.0 Å². The second-order valence-electron chi connectivity index (χ2n) is 6.04. The van der Waals surface area contributed by atoms with E-state index >= 15 is 0 Å². The first-order valence-corrected chi connectivity index (χ1v) is 10.8. The summed E-state index contributed by atoms with van der Waals surface area (Å²) in [5.74, 6) is -1.38. The van der Waals surface area contributed by atoms with Gasteiger partial charge in [0.2, 0.25) is 0 Å². The summed E-state index contributed by atoms with van der Waals surface area (Å²) in [5.41, 5.74) is 0.270. The molecule has 29 heavy (non-hydrogen) atoms. The number of esters is 1. The van der Waals surface area contributed by atoms with Crippen molar-refractivity contribution in [1.82, 2.24) is 10.6 Å². The molecule has 2 heterocycles. The number of methoxy groups -OCH3 is 2. The van der Waals surface area contributed by atoms with Gasteiger partial charge in [-0.1, -0.05) is 12.1 Å². The lowest BCUT2D eigenvalue weighted by molar-refractivity contribution is -0.136. The number of ether oxygens (including phenoxy) is 2. The Labute approximate surface area is 170 Å². The number of hydrogen-bond acceptors (Lipinski definition) is 8. The second kappa shape index (κ2) is 8.13. The van der Waals surface area contributed by atoms with Crippen molar-refractivity contribution in [2.24, 2.45) is 0 Å². The van der Waals surface area contributed by atoms with Crippen molar-refractivity contribution in [3.8, 4) is 11.5 Å². The quantitative estimate of drug-likeness (QED) is 0.585. The van der Waals surface area contributed by atoms with E-state index in [4.69, 9.17) is 9.47 Å². The molecule has 0 saturated carbocycles. The molecule has 154 valence electrons. The maximum atomic E-state index is 12.7. The van der Waals surface area contributed by atoms with E-state index in [0.717, 1.165) is 18.4 Å². The molecule has 3 N–H and O–H groups in total. The van der Waals surface area contributed by atoms with Crippen LogP contribution in [0.2, 0.25) is 0 Å². The summed E-state index contributed by atoms with van der Waals surface area (Å²) in [6.07, 6.45) is 0. The highest BCUT2D eigenvalue weighted by Gasteiger charge is 2.36. The lowest BCUT2D eigenvalue weighted by Gasteiger charge is -2.29. The van der Waals surface area contributed by atoms with Crippen LogP contribution < -0.4 is 15.4 Å². The minimum atomic E-state index is -3.79. The Morgan fingerprint density at radius 1 is 1.28 bits per heavy atom. The molecule has 0 fully saturated rings. The van der Waals surface area contributed by atoms with E-state index in [2.05, 4.69) is 10.6 Å². The zero-order valence-corrected chi connectivity index (χ0v) is 17.1. The minimum Gasteiger partial charge on any atom is -0.504 e. The number of urea groups is 1. The monoisotopic (exact) mass is 438 g/mol. The number of sulfone groups is 1. The lowest BCUT2D eigenvalue weighted by Crippen LogP contribution is -2.47. The summed E-state index contributed by atoms with van der Waals surface area (Å²) >= 11 is 1.04. The highest BCUT2D eigenvalue weighted by atomic mass is 32.2. The van der Waals surface area contributed by atoms with Crippen LogP contribution in [0.1, 0.15) is 11.6 Å². The SMILES string of the molecule is COC(=O)C1=C(CS(=O)(=O)c2cccs2)NC(=O)N[C@H]1c1ccc(O)c(OC)c1. The molecule has 0 unspecified atom stereocenters. The highest BCUT2D eigenvalue weighted by Crippen LogP contribution is 2.34. The summed E-state index contributed by atoms with van der Waals surface area (Å²) in [7, 11) is -1.28. The molecule has 1 atom stereocenters. The summed E-state index contributed by atoms with van der Waals surface area (Å²) in [5, 5.41) is 16.4. The fraction of sp³-hybridized carbons (Fsp3) is 0.222. The third-order valence-corrected chi connectivity index (χ3v) is 7.36. The Balaban J connectivity index is 2.12. The van der Waals surface area contributed by atoms with Crippen molar-refractivity contribution < 1.29 is 32.6 Å². The van der Waals surface area contributed by atoms with Crippen LogP contribution in [0.25, 0.3) is 0 Å². The van der Waals surface area contributed by atoms with Crippen LogP contribution in [0.4, 0.5) is 4.79 Å². The van der Waals surface area contributed by atoms with Crippen LogP contribution in [0, 0.1) is 0 Å². The van der Waals surface area contributed by atoms with Gasteiger partial charge in [-0.05, 0) is 29.1 Å². The van der Waals surface area contributed by atoms with E-state index in [9.17, 15) is 23.1 Å². The summed E-state index contributed by atoms with van der Waals surface area (Å²) < 4.78 is 35.4. The van der Waals surface area contributed by atoms with E-state index < -0.39 is 33.6 Å². The number of thiophene rings is 1. The molecule has 0 aliphatic carbocycles. The van der Waals surface area contributed by atoms with Crippen LogP contribution in [0.15, 0.2) is 51.2 Å². The third-order valence-electron chi connectivity index (χ3n) is 4.23. The van der Waals surface area contributed by atoms with Gasteiger partial charge in [0.05, 0.1) is 31.6 Å². The first-order chi connectivity index (χ1) is 13.8. The molecule has 0 bridgehead atoms. The van der Waals surface area contributed by atoms with Crippen LogP contribution in [0.5, 0.6) is 11.5 Å². The van der Waals surface area contributed by atoms with Gasteiger partial charge < -0.3 is 25.2 Å². The Hall–Kier alpha value is -3.05. The molecule has 0 radical (unpaired) electrons. The highest BCUT2D eigenvalue weighted by molar-refractivity contribution is 7.93. The second-order valence-corrected chi connectivity index (χ2v) is 9.20. The van der Waals surface area contributed by atoms with Crippen LogP contribution in [-0.2, 0) is 19.4 Å². The molecule has 2 amide bonds. The van der Waals surface area contributed by atoms with Gasteiger partial charge in [-0.15, -0.1) is 11.3 Å². The predicted molar refractivity (Wildman–Crippen MR) is 104 cm³/mol. The maximum absolute atomic E-state index is 12.7. The van der Waals surface area contributed by atoms with Gasteiger partial charge in [-0.2, -0.15) is 0 Å². The number of rotatable bonds is 6. The van der Waals surface area contributed by atoms with E-state index in [1.807, 2.05) is 0 Å². The average Bonchev–Trinajstić information content (AvgIpc) is 3.23. The number of phenolic OH excluding ortho intramolecular Hbond substituents is 1. The van der Waals surface area contributed by atoms with Crippen molar-refractivity contribution in [3.05, 3.63) is 52.5 Å². The van der Waals surface area contributed by atoms with Gasteiger partial charge in [-0.3, -0.25) is 0 Å². The first-order valence-electron chi connectivity index (χ1n) is 8.29. The fourth-order valence-corrected chi connectivity index (χ4v) is 5.32. The summed E-state index contributed by atoms with van der Waals surface area (Å²) in [6.45, 7) is 0. The molecule has 1 aromatic heterocycles. The van der Waals surface area contributed by atoms with Crippen molar-refractivity contribution >= 4 is 33.2 Å².